The highest BCUT2D eigenvalue weighted by atomic mass is 127. The molecule has 1 fully saturated rings. The summed E-state index contributed by atoms with van der Waals surface area (Å²) < 4.78 is 5.18. The van der Waals surface area contributed by atoms with Crippen molar-refractivity contribution in [1.82, 2.24) is 15.5 Å². The van der Waals surface area contributed by atoms with Gasteiger partial charge in [-0.3, -0.25) is 0 Å². The highest BCUT2D eigenvalue weighted by Gasteiger charge is 2.15. The molecule has 0 atom stereocenters. The number of guanidine groups is 1. The predicted octanol–water partition coefficient (Wildman–Crippen LogP) is 3.35. The van der Waals surface area contributed by atoms with Crippen LogP contribution in [0.5, 0.6) is 0 Å². The van der Waals surface area contributed by atoms with Gasteiger partial charge in [0.05, 0.1) is 0 Å². The molecule has 3 N–H and O–H groups in total. The Labute approximate surface area is 156 Å². The standard InChI is InChI=1S/C15H18ClN5O.HI/c16-11-5-3-4-10(8-11)14-20-13(22-21-14)9-18-15(17)19-12-6-1-2-7-12;/h3-5,8,12H,1-2,6-7,9H2,(H3,17,18,19);1H. The molecule has 0 radical (unpaired) electrons. The van der Waals surface area contributed by atoms with Gasteiger partial charge in [0.15, 0.2) is 5.96 Å². The van der Waals surface area contributed by atoms with Crippen LogP contribution in [0.2, 0.25) is 5.02 Å². The van der Waals surface area contributed by atoms with Gasteiger partial charge in [-0.1, -0.05) is 41.7 Å². The van der Waals surface area contributed by atoms with Gasteiger partial charge < -0.3 is 15.6 Å². The van der Waals surface area contributed by atoms with Crippen LogP contribution >= 0.6 is 35.6 Å². The summed E-state index contributed by atoms with van der Waals surface area (Å²) in [4.78, 5) is 8.54. The molecular formula is C15H19ClIN5O. The van der Waals surface area contributed by atoms with Crippen molar-refractivity contribution in [1.29, 1.82) is 0 Å². The van der Waals surface area contributed by atoms with Crippen molar-refractivity contribution in [2.24, 2.45) is 10.7 Å². The van der Waals surface area contributed by atoms with Gasteiger partial charge >= 0.3 is 0 Å². The first-order chi connectivity index (χ1) is 10.7. The Morgan fingerprint density at radius 2 is 2.17 bits per heavy atom. The number of hydrogen-bond acceptors (Lipinski definition) is 4. The lowest BCUT2D eigenvalue weighted by Crippen LogP contribution is -2.38. The summed E-state index contributed by atoms with van der Waals surface area (Å²) in [5.41, 5.74) is 6.68. The average molecular weight is 448 g/mol. The molecule has 124 valence electrons. The van der Waals surface area contributed by atoms with E-state index in [0.717, 1.165) is 18.4 Å². The quantitative estimate of drug-likeness (QED) is 0.426. The molecule has 1 aromatic heterocycles. The fourth-order valence-corrected chi connectivity index (χ4v) is 2.73. The minimum atomic E-state index is 0. The highest BCUT2D eigenvalue weighted by Crippen LogP contribution is 2.20. The molecule has 1 aromatic carbocycles. The van der Waals surface area contributed by atoms with E-state index >= 15 is 0 Å². The van der Waals surface area contributed by atoms with E-state index in [9.17, 15) is 0 Å². The fourth-order valence-electron chi connectivity index (χ4n) is 2.54. The van der Waals surface area contributed by atoms with Crippen LogP contribution in [0.15, 0.2) is 33.8 Å². The highest BCUT2D eigenvalue weighted by molar-refractivity contribution is 14.0. The molecule has 8 heteroatoms. The fraction of sp³-hybridized carbons (Fsp3) is 0.400. The second-order valence-electron chi connectivity index (χ2n) is 5.35. The maximum absolute atomic E-state index is 5.95. The smallest absolute Gasteiger partial charge is 0.248 e. The molecule has 1 aliphatic carbocycles. The molecule has 1 aliphatic rings. The van der Waals surface area contributed by atoms with Crippen LogP contribution in [-0.4, -0.2) is 22.1 Å². The number of hydrogen-bond donors (Lipinski definition) is 2. The molecule has 23 heavy (non-hydrogen) atoms. The van der Waals surface area contributed by atoms with Crippen LogP contribution in [0.4, 0.5) is 0 Å². The first-order valence-electron chi connectivity index (χ1n) is 7.36. The number of rotatable bonds is 4. The van der Waals surface area contributed by atoms with Gasteiger partial charge in [-0.05, 0) is 25.0 Å². The Kier molecular flexibility index (Phi) is 6.64. The van der Waals surface area contributed by atoms with Gasteiger partial charge in [0.2, 0.25) is 11.7 Å². The Balaban J connectivity index is 0.00000192. The normalized spacial score (nSPS) is 15.4. The second kappa shape index (κ2) is 8.49. The number of aromatic nitrogens is 2. The zero-order valence-electron chi connectivity index (χ0n) is 12.5. The minimum Gasteiger partial charge on any atom is -0.370 e. The summed E-state index contributed by atoms with van der Waals surface area (Å²) in [7, 11) is 0. The summed E-state index contributed by atoms with van der Waals surface area (Å²) in [5.74, 6) is 1.34. The summed E-state index contributed by atoms with van der Waals surface area (Å²) >= 11 is 5.95. The van der Waals surface area contributed by atoms with E-state index in [2.05, 4.69) is 20.4 Å². The van der Waals surface area contributed by atoms with Crippen LogP contribution < -0.4 is 11.1 Å². The Bertz CT molecular complexity index is 669. The van der Waals surface area contributed by atoms with Crippen molar-refractivity contribution in [2.45, 2.75) is 38.3 Å². The molecule has 0 spiro atoms. The predicted molar refractivity (Wildman–Crippen MR) is 101 cm³/mol. The van der Waals surface area contributed by atoms with Gasteiger partial charge in [-0.15, -0.1) is 24.0 Å². The minimum absolute atomic E-state index is 0. The maximum atomic E-state index is 5.95. The summed E-state index contributed by atoms with van der Waals surface area (Å²) in [6.45, 7) is 0.263. The molecule has 3 rings (SSSR count). The Morgan fingerprint density at radius 1 is 1.39 bits per heavy atom. The third-order valence-corrected chi connectivity index (χ3v) is 3.88. The number of aliphatic imine (C=N–C) groups is 1. The lowest BCUT2D eigenvalue weighted by molar-refractivity contribution is 0.380. The van der Waals surface area contributed by atoms with E-state index in [1.54, 1.807) is 12.1 Å². The third-order valence-electron chi connectivity index (χ3n) is 3.64. The number of nitrogens with zero attached hydrogens (tertiary/aromatic N) is 3. The van der Waals surface area contributed by atoms with Crippen molar-refractivity contribution in [3.05, 3.63) is 35.2 Å². The molecule has 0 aliphatic heterocycles. The van der Waals surface area contributed by atoms with Crippen molar-refractivity contribution in [2.75, 3.05) is 0 Å². The van der Waals surface area contributed by atoms with Gasteiger partial charge in [0.25, 0.3) is 0 Å². The van der Waals surface area contributed by atoms with Crippen LogP contribution in [0.25, 0.3) is 11.4 Å². The monoisotopic (exact) mass is 447 g/mol. The van der Waals surface area contributed by atoms with Crippen molar-refractivity contribution < 1.29 is 4.52 Å². The maximum Gasteiger partial charge on any atom is 0.248 e. The molecular weight excluding hydrogens is 429 g/mol. The van der Waals surface area contributed by atoms with Gasteiger partial charge in [-0.25, -0.2) is 4.99 Å². The van der Waals surface area contributed by atoms with E-state index in [1.807, 2.05) is 12.1 Å². The molecule has 1 heterocycles. The number of halogens is 2. The van der Waals surface area contributed by atoms with E-state index in [-0.39, 0.29) is 30.5 Å². The van der Waals surface area contributed by atoms with Crippen LogP contribution in [-0.2, 0) is 6.54 Å². The Morgan fingerprint density at radius 3 is 2.91 bits per heavy atom. The van der Waals surface area contributed by atoms with Crippen LogP contribution in [0, 0.1) is 0 Å². The molecule has 0 unspecified atom stereocenters. The van der Waals surface area contributed by atoms with Crippen LogP contribution in [0.1, 0.15) is 31.6 Å². The third kappa shape index (κ3) is 5.07. The first kappa shape index (κ1) is 18.0. The number of nitrogens with one attached hydrogen (secondary N) is 1. The van der Waals surface area contributed by atoms with Crippen LogP contribution in [0.3, 0.4) is 0 Å². The zero-order chi connectivity index (χ0) is 15.4. The van der Waals surface area contributed by atoms with Gasteiger partial charge in [0.1, 0.15) is 6.54 Å². The summed E-state index contributed by atoms with van der Waals surface area (Å²) in [5, 5.41) is 7.78. The van der Waals surface area contributed by atoms with Gasteiger partial charge in [0, 0.05) is 16.6 Å². The summed E-state index contributed by atoms with van der Waals surface area (Å²) in [6.07, 6.45) is 4.79. The molecule has 6 nitrogen and oxygen atoms in total. The van der Waals surface area contributed by atoms with E-state index < -0.39 is 0 Å². The van der Waals surface area contributed by atoms with E-state index in [0.29, 0.717) is 28.7 Å². The zero-order valence-corrected chi connectivity index (χ0v) is 15.6. The topological polar surface area (TPSA) is 89.3 Å². The summed E-state index contributed by atoms with van der Waals surface area (Å²) in [6, 6.07) is 7.74. The number of nitrogens with two attached hydrogens (primary N) is 1. The first-order valence-corrected chi connectivity index (χ1v) is 7.73. The molecule has 0 saturated heterocycles. The largest absolute Gasteiger partial charge is 0.370 e. The Hall–Kier alpha value is -1.35. The number of benzene rings is 1. The average Bonchev–Trinajstić information content (AvgIpc) is 3.16. The SMILES string of the molecule is I.NC(=NCc1nc(-c2cccc(Cl)c2)no1)NC1CCCC1. The van der Waals surface area contributed by atoms with E-state index in [1.165, 1.54) is 12.8 Å². The van der Waals surface area contributed by atoms with Crippen molar-refractivity contribution in [3.8, 4) is 11.4 Å². The molecule has 0 bridgehead atoms. The van der Waals surface area contributed by atoms with Crippen molar-refractivity contribution in [3.63, 3.8) is 0 Å². The molecule has 2 aromatic rings. The molecule has 0 amide bonds. The van der Waals surface area contributed by atoms with Crippen molar-refractivity contribution >= 4 is 41.5 Å². The lowest BCUT2D eigenvalue weighted by Gasteiger charge is -2.11. The molecule has 1 saturated carbocycles. The lowest BCUT2D eigenvalue weighted by atomic mass is 10.2. The van der Waals surface area contributed by atoms with E-state index in [4.69, 9.17) is 21.9 Å². The second-order valence-corrected chi connectivity index (χ2v) is 5.79. The van der Waals surface area contributed by atoms with Gasteiger partial charge in [-0.2, -0.15) is 4.98 Å².